The van der Waals surface area contributed by atoms with E-state index in [2.05, 4.69) is 17.6 Å². The van der Waals surface area contributed by atoms with Gasteiger partial charge in [0.25, 0.3) is 0 Å². The highest BCUT2D eigenvalue weighted by Gasteiger charge is 1.97. The Kier molecular flexibility index (Phi) is 36.0. The van der Waals surface area contributed by atoms with Crippen molar-refractivity contribution in [1.82, 2.24) is 10.6 Å². The molecule has 34 heavy (non-hydrogen) atoms. The van der Waals surface area contributed by atoms with Gasteiger partial charge in [0.1, 0.15) is 0 Å². The molecule has 7 N–H and O–H groups in total. The second-order valence-corrected chi connectivity index (χ2v) is 9.59. The lowest BCUT2D eigenvalue weighted by Gasteiger charge is -2.04. The van der Waals surface area contributed by atoms with Crippen molar-refractivity contribution in [1.29, 1.82) is 0 Å². The van der Waals surface area contributed by atoms with Crippen molar-refractivity contribution < 1.29 is 9.90 Å². The minimum atomic E-state index is -0.653. The Morgan fingerprint density at radius 2 is 0.853 bits per heavy atom. The van der Waals surface area contributed by atoms with E-state index in [9.17, 15) is 4.79 Å². The van der Waals surface area contributed by atoms with Gasteiger partial charge in [0, 0.05) is 6.42 Å². The van der Waals surface area contributed by atoms with Gasteiger partial charge in [-0.05, 0) is 71.4 Å². The predicted octanol–water partition coefficient (Wildman–Crippen LogP) is 5.98. The van der Waals surface area contributed by atoms with Gasteiger partial charge in [0.05, 0.1) is 0 Å². The monoisotopic (exact) mass is 486 g/mol. The molecular weight excluding hydrogens is 424 g/mol. The SMILES string of the molecule is CCCCCCCCCCCCCCCCCC(=O)O.NCCCNCCCCNCCCN. The van der Waals surface area contributed by atoms with Crippen molar-refractivity contribution in [2.75, 3.05) is 39.3 Å². The molecule has 0 unspecified atom stereocenters. The summed E-state index contributed by atoms with van der Waals surface area (Å²) < 4.78 is 0. The van der Waals surface area contributed by atoms with Gasteiger partial charge in [-0.1, -0.05) is 96.8 Å². The fourth-order valence-corrected chi connectivity index (χ4v) is 3.85. The first-order chi connectivity index (χ1) is 16.7. The van der Waals surface area contributed by atoms with Gasteiger partial charge >= 0.3 is 5.97 Å². The van der Waals surface area contributed by atoms with Crippen LogP contribution >= 0.6 is 0 Å². The molecule has 0 fully saturated rings. The molecule has 0 aliphatic heterocycles. The molecule has 0 heterocycles. The van der Waals surface area contributed by atoms with Crippen LogP contribution in [0.1, 0.15) is 135 Å². The third-order valence-corrected chi connectivity index (χ3v) is 6.07. The van der Waals surface area contributed by atoms with Crippen LogP contribution in [0.25, 0.3) is 0 Å². The van der Waals surface area contributed by atoms with E-state index in [1.807, 2.05) is 0 Å². The molecule has 0 saturated heterocycles. The largest absolute Gasteiger partial charge is 0.481 e. The smallest absolute Gasteiger partial charge is 0.303 e. The van der Waals surface area contributed by atoms with Gasteiger partial charge in [-0.2, -0.15) is 0 Å². The van der Waals surface area contributed by atoms with Crippen molar-refractivity contribution in [3.05, 3.63) is 0 Å². The summed E-state index contributed by atoms with van der Waals surface area (Å²) in [6.07, 6.45) is 24.8. The Labute approximate surface area is 212 Å². The molecule has 0 saturated carbocycles. The van der Waals surface area contributed by atoms with Gasteiger partial charge in [-0.25, -0.2) is 0 Å². The summed E-state index contributed by atoms with van der Waals surface area (Å²) >= 11 is 0. The molecule has 6 nitrogen and oxygen atoms in total. The molecule has 6 heteroatoms. The van der Waals surface area contributed by atoms with Crippen LogP contribution in [0.4, 0.5) is 0 Å². The van der Waals surface area contributed by atoms with E-state index in [0.717, 1.165) is 65.0 Å². The number of unbranched alkanes of at least 4 members (excludes halogenated alkanes) is 15. The predicted molar refractivity (Wildman–Crippen MR) is 149 cm³/mol. The van der Waals surface area contributed by atoms with Gasteiger partial charge in [0.15, 0.2) is 0 Å². The highest BCUT2D eigenvalue weighted by atomic mass is 16.4. The minimum Gasteiger partial charge on any atom is -0.481 e. The fraction of sp³-hybridized carbons (Fsp3) is 0.964. The molecule has 0 bridgehead atoms. The molecule has 0 aromatic carbocycles. The Morgan fingerprint density at radius 3 is 1.18 bits per heavy atom. The number of carboxylic acids is 1. The summed E-state index contributed by atoms with van der Waals surface area (Å²) in [5, 5.41) is 15.2. The molecule has 0 atom stereocenters. The molecule has 206 valence electrons. The number of nitrogens with one attached hydrogen (secondary N) is 2. The average molecular weight is 487 g/mol. The molecule has 0 radical (unpaired) electrons. The lowest BCUT2D eigenvalue weighted by molar-refractivity contribution is -0.137. The van der Waals surface area contributed by atoms with Crippen molar-refractivity contribution in [2.24, 2.45) is 11.5 Å². The Bertz CT molecular complexity index is 358. The zero-order valence-corrected chi connectivity index (χ0v) is 22.9. The second-order valence-electron chi connectivity index (χ2n) is 9.59. The standard InChI is InChI=1S/C18H36O2.C10H26N4/c1-2-3-4-5-6-7-8-9-10-11-12-13-14-15-16-17-18(19)20;11-5-3-9-13-7-1-2-8-14-10-4-6-12/h2-17H2,1H3,(H,19,20);13-14H,1-12H2. The van der Waals surface area contributed by atoms with E-state index in [4.69, 9.17) is 16.6 Å². The summed E-state index contributed by atoms with van der Waals surface area (Å²) in [7, 11) is 0. The van der Waals surface area contributed by atoms with Gasteiger partial charge in [-0.3, -0.25) is 4.79 Å². The molecule has 0 aromatic rings. The van der Waals surface area contributed by atoms with E-state index in [1.165, 1.54) is 96.3 Å². The summed E-state index contributed by atoms with van der Waals surface area (Å²) in [5.74, 6) is -0.653. The quantitative estimate of drug-likeness (QED) is 0.0913. The van der Waals surface area contributed by atoms with Crippen LogP contribution in [0.2, 0.25) is 0 Å². The van der Waals surface area contributed by atoms with E-state index >= 15 is 0 Å². The molecule has 0 aliphatic carbocycles. The Morgan fingerprint density at radius 1 is 0.529 bits per heavy atom. The summed E-state index contributed by atoms with van der Waals surface area (Å²) in [6.45, 7) is 8.17. The lowest BCUT2D eigenvalue weighted by atomic mass is 10.0. The lowest BCUT2D eigenvalue weighted by Crippen LogP contribution is -2.22. The van der Waals surface area contributed by atoms with Crippen LogP contribution in [0.5, 0.6) is 0 Å². The number of nitrogens with two attached hydrogens (primary N) is 2. The van der Waals surface area contributed by atoms with Crippen molar-refractivity contribution in [2.45, 2.75) is 135 Å². The molecule has 0 amide bonds. The molecule has 0 aromatic heterocycles. The maximum absolute atomic E-state index is 10.3. The first-order valence-corrected chi connectivity index (χ1v) is 14.7. The third kappa shape index (κ3) is 38.6. The van der Waals surface area contributed by atoms with Crippen molar-refractivity contribution in [3.8, 4) is 0 Å². The molecule has 0 aliphatic rings. The second kappa shape index (κ2) is 34.5. The highest BCUT2D eigenvalue weighted by molar-refractivity contribution is 5.66. The summed E-state index contributed by atoms with van der Waals surface area (Å²) in [4.78, 5) is 10.3. The van der Waals surface area contributed by atoms with Gasteiger partial charge in [0.2, 0.25) is 0 Å². The summed E-state index contributed by atoms with van der Waals surface area (Å²) in [6, 6.07) is 0. The van der Waals surface area contributed by atoms with E-state index < -0.39 is 5.97 Å². The normalized spacial score (nSPS) is 10.8. The first kappa shape index (κ1) is 35.5. The minimum absolute atomic E-state index is 0.345. The number of aliphatic carboxylic acids is 1. The van der Waals surface area contributed by atoms with Crippen LogP contribution in [-0.2, 0) is 4.79 Å². The third-order valence-electron chi connectivity index (χ3n) is 6.07. The Hall–Kier alpha value is -0.690. The average Bonchev–Trinajstić information content (AvgIpc) is 2.83. The number of carboxylic acid groups (broad SMARTS) is 1. The van der Waals surface area contributed by atoms with E-state index in [-0.39, 0.29) is 0 Å². The molecule has 0 rings (SSSR count). The summed E-state index contributed by atoms with van der Waals surface area (Å²) in [5.41, 5.74) is 10.8. The van der Waals surface area contributed by atoms with Gasteiger partial charge in [-0.15, -0.1) is 0 Å². The first-order valence-electron chi connectivity index (χ1n) is 14.7. The van der Waals surface area contributed by atoms with Crippen LogP contribution in [-0.4, -0.2) is 50.3 Å². The number of hydrogen-bond donors (Lipinski definition) is 5. The zero-order valence-electron chi connectivity index (χ0n) is 22.9. The van der Waals surface area contributed by atoms with Crippen LogP contribution in [0.3, 0.4) is 0 Å². The molecule has 0 spiro atoms. The maximum Gasteiger partial charge on any atom is 0.303 e. The number of carbonyl (C=O) groups is 1. The topological polar surface area (TPSA) is 113 Å². The zero-order chi connectivity index (χ0) is 25.4. The van der Waals surface area contributed by atoms with Crippen molar-refractivity contribution >= 4 is 5.97 Å². The fourth-order valence-electron chi connectivity index (χ4n) is 3.85. The molecular formula is C28H62N4O2. The van der Waals surface area contributed by atoms with Crippen LogP contribution in [0.15, 0.2) is 0 Å². The van der Waals surface area contributed by atoms with E-state index in [0.29, 0.717) is 6.42 Å². The van der Waals surface area contributed by atoms with Gasteiger partial charge < -0.3 is 27.2 Å². The van der Waals surface area contributed by atoms with Crippen LogP contribution < -0.4 is 22.1 Å². The van der Waals surface area contributed by atoms with Crippen LogP contribution in [0, 0.1) is 0 Å². The highest BCUT2D eigenvalue weighted by Crippen LogP contribution is 2.13. The Balaban J connectivity index is 0. The van der Waals surface area contributed by atoms with Crippen molar-refractivity contribution in [3.63, 3.8) is 0 Å². The van der Waals surface area contributed by atoms with E-state index in [1.54, 1.807) is 0 Å². The maximum atomic E-state index is 10.3. The number of rotatable bonds is 27. The number of hydrogen-bond acceptors (Lipinski definition) is 5.